The highest BCUT2D eigenvalue weighted by Gasteiger charge is 2.22. The number of nitrogens with one attached hydrogen (secondary N) is 1. The Morgan fingerprint density at radius 1 is 1.54 bits per heavy atom. The van der Waals surface area contributed by atoms with Crippen LogP contribution in [0.5, 0.6) is 0 Å². The Morgan fingerprint density at radius 3 is 2.77 bits per heavy atom. The van der Waals surface area contributed by atoms with Crippen molar-refractivity contribution in [2.75, 3.05) is 26.7 Å². The molecular weight excluding hydrogens is 164 g/mol. The molecule has 1 fully saturated rings. The van der Waals surface area contributed by atoms with E-state index >= 15 is 0 Å². The first-order valence-electron chi connectivity index (χ1n) is 4.94. The third kappa shape index (κ3) is 2.59. The van der Waals surface area contributed by atoms with E-state index in [1.165, 1.54) is 0 Å². The van der Waals surface area contributed by atoms with E-state index in [4.69, 9.17) is 11.1 Å². The summed E-state index contributed by atoms with van der Waals surface area (Å²) in [6.07, 6.45) is 2.16. The van der Waals surface area contributed by atoms with Crippen molar-refractivity contribution in [3.05, 3.63) is 0 Å². The largest absolute Gasteiger partial charge is 0.370 e. The van der Waals surface area contributed by atoms with Gasteiger partial charge < -0.3 is 15.5 Å². The van der Waals surface area contributed by atoms with Gasteiger partial charge in [0, 0.05) is 19.1 Å². The van der Waals surface area contributed by atoms with Crippen molar-refractivity contribution in [1.82, 2.24) is 9.80 Å². The maximum Gasteiger partial charge on any atom is 0.188 e. The fraction of sp³-hybridized carbons (Fsp3) is 0.889. The Balaban J connectivity index is 2.64. The molecule has 0 aromatic carbocycles. The molecule has 0 bridgehead atoms. The number of hydrogen-bond donors (Lipinski definition) is 2. The van der Waals surface area contributed by atoms with Crippen molar-refractivity contribution in [3.8, 4) is 0 Å². The molecule has 13 heavy (non-hydrogen) atoms. The third-order valence-corrected chi connectivity index (χ3v) is 2.68. The second-order valence-electron chi connectivity index (χ2n) is 3.76. The number of rotatable bonds is 1. The summed E-state index contributed by atoms with van der Waals surface area (Å²) in [5.41, 5.74) is 5.54. The van der Waals surface area contributed by atoms with E-state index in [2.05, 4.69) is 18.9 Å². The van der Waals surface area contributed by atoms with Gasteiger partial charge >= 0.3 is 0 Å². The third-order valence-electron chi connectivity index (χ3n) is 2.68. The first-order chi connectivity index (χ1) is 6.15. The highest BCUT2D eigenvalue weighted by molar-refractivity contribution is 5.75. The van der Waals surface area contributed by atoms with Crippen molar-refractivity contribution >= 4 is 5.96 Å². The summed E-state index contributed by atoms with van der Waals surface area (Å²) in [6.45, 7) is 5.22. The van der Waals surface area contributed by atoms with Gasteiger partial charge in [-0.1, -0.05) is 6.92 Å². The molecule has 0 aliphatic carbocycles. The smallest absolute Gasteiger partial charge is 0.188 e. The van der Waals surface area contributed by atoms with E-state index in [1.807, 2.05) is 4.90 Å². The summed E-state index contributed by atoms with van der Waals surface area (Å²) in [5.74, 6) is 0.224. The van der Waals surface area contributed by atoms with Gasteiger partial charge in [-0.2, -0.15) is 0 Å². The quantitative estimate of drug-likeness (QED) is 0.455. The lowest BCUT2D eigenvalue weighted by Gasteiger charge is -2.30. The van der Waals surface area contributed by atoms with Crippen LogP contribution in [0.3, 0.4) is 0 Å². The van der Waals surface area contributed by atoms with Crippen LogP contribution in [0.4, 0.5) is 0 Å². The molecule has 76 valence electrons. The Hall–Kier alpha value is -0.770. The lowest BCUT2D eigenvalue weighted by atomic mass is 10.2. The molecule has 0 spiro atoms. The molecule has 0 radical (unpaired) electrons. The average molecular weight is 184 g/mol. The Kier molecular flexibility index (Phi) is 3.54. The molecule has 1 atom stereocenters. The zero-order valence-electron chi connectivity index (χ0n) is 8.58. The van der Waals surface area contributed by atoms with Crippen LogP contribution in [0.15, 0.2) is 0 Å². The zero-order chi connectivity index (χ0) is 9.84. The number of nitrogens with zero attached hydrogens (tertiary/aromatic N) is 2. The highest BCUT2D eigenvalue weighted by atomic mass is 15.3. The van der Waals surface area contributed by atoms with Gasteiger partial charge in [0.1, 0.15) is 0 Å². The SMILES string of the molecule is CCC1CN(C)CCCN1C(=N)N. The van der Waals surface area contributed by atoms with Crippen LogP contribution in [-0.2, 0) is 0 Å². The van der Waals surface area contributed by atoms with Crippen molar-refractivity contribution in [2.24, 2.45) is 5.73 Å². The van der Waals surface area contributed by atoms with Gasteiger partial charge in [-0.25, -0.2) is 0 Å². The Labute approximate surface area is 80.2 Å². The molecule has 1 rings (SSSR count). The fourth-order valence-electron chi connectivity index (χ4n) is 1.91. The molecule has 3 N–H and O–H groups in total. The second kappa shape index (κ2) is 4.46. The van der Waals surface area contributed by atoms with Crippen LogP contribution in [0.25, 0.3) is 0 Å². The normalized spacial score (nSPS) is 25.7. The molecule has 1 aliphatic rings. The number of guanidine groups is 1. The van der Waals surface area contributed by atoms with Crippen LogP contribution in [0, 0.1) is 5.41 Å². The molecule has 4 heteroatoms. The van der Waals surface area contributed by atoms with Crippen molar-refractivity contribution in [1.29, 1.82) is 5.41 Å². The molecule has 1 aliphatic heterocycles. The van der Waals surface area contributed by atoms with E-state index < -0.39 is 0 Å². The van der Waals surface area contributed by atoms with Gasteiger partial charge in [-0.05, 0) is 26.4 Å². The Morgan fingerprint density at radius 2 is 2.23 bits per heavy atom. The van der Waals surface area contributed by atoms with Crippen molar-refractivity contribution in [3.63, 3.8) is 0 Å². The minimum atomic E-state index is 0.224. The predicted octanol–water partition coefficient (Wildman–Crippen LogP) is 0.296. The van der Waals surface area contributed by atoms with Crippen molar-refractivity contribution < 1.29 is 0 Å². The molecule has 1 unspecified atom stereocenters. The van der Waals surface area contributed by atoms with E-state index in [1.54, 1.807) is 0 Å². The van der Waals surface area contributed by atoms with Gasteiger partial charge in [-0.3, -0.25) is 5.41 Å². The molecule has 4 nitrogen and oxygen atoms in total. The van der Waals surface area contributed by atoms with E-state index in [0.717, 1.165) is 32.5 Å². The summed E-state index contributed by atoms with van der Waals surface area (Å²) in [5, 5.41) is 7.47. The van der Waals surface area contributed by atoms with Crippen LogP contribution >= 0.6 is 0 Å². The lowest BCUT2D eigenvalue weighted by molar-refractivity contribution is 0.261. The topological polar surface area (TPSA) is 56.4 Å². The molecular formula is C9H20N4. The van der Waals surface area contributed by atoms with Gasteiger partial charge in [0.05, 0.1) is 0 Å². The van der Waals surface area contributed by atoms with Gasteiger partial charge in [0.25, 0.3) is 0 Å². The second-order valence-corrected chi connectivity index (χ2v) is 3.76. The minimum Gasteiger partial charge on any atom is -0.370 e. The van der Waals surface area contributed by atoms with Crippen LogP contribution in [0.1, 0.15) is 19.8 Å². The van der Waals surface area contributed by atoms with Crippen LogP contribution < -0.4 is 5.73 Å². The maximum atomic E-state index is 7.47. The summed E-state index contributed by atoms with van der Waals surface area (Å²) in [7, 11) is 2.13. The molecule has 1 heterocycles. The van der Waals surface area contributed by atoms with Gasteiger partial charge in [0.15, 0.2) is 5.96 Å². The first kappa shape index (κ1) is 10.3. The van der Waals surface area contributed by atoms with E-state index in [-0.39, 0.29) is 5.96 Å². The standard InChI is InChI=1S/C9H20N4/c1-3-8-7-12(2)5-4-6-13(8)9(10)11/h8H,3-7H2,1-2H3,(H3,10,11). The van der Waals surface area contributed by atoms with Gasteiger partial charge in [-0.15, -0.1) is 0 Å². The summed E-state index contributed by atoms with van der Waals surface area (Å²) in [4.78, 5) is 4.33. The number of likely N-dealkylation sites (N-methyl/N-ethyl adjacent to an activating group) is 1. The Bertz CT molecular complexity index is 180. The number of nitrogens with two attached hydrogens (primary N) is 1. The van der Waals surface area contributed by atoms with E-state index in [9.17, 15) is 0 Å². The molecule has 0 saturated carbocycles. The first-order valence-corrected chi connectivity index (χ1v) is 4.94. The van der Waals surface area contributed by atoms with E-state index in [0.29, 0.717) is 6.04 Å². The molecule has 0 aromatic rings. The number of hydrogen-bond acceptors (Lipinski definition) is 2. The molecule has 0 amide bonds. The fourth-order valence-corrected chi connectivity index (χ4v) is 1.91. The summed E-state index contributed by atoms with van der Waals surface area (Å²) in [6, 6.07) is 0.421. The van der Waals surface area contributed by atoms with Crippen LogP contribution in [-0.4, -0.2) is 48.5 Å². The predicted molar refractivity (Wildman–Crippen MR) is 54.8 cm³/mol. The highest BCUT2D eigenvalue weighted by Crippen LogP contribution is 2.10. The maximum absolute atomic E-state index is 7.47. The zero-order valence-corrected chi connectivity index (χ0v) is 8.58. The monoisotopic (exact) mass is 184 g/mol. The minimum absolute atomic E-state index is 0.224. The van der Waals surface area contributed by atoms with Gasteiger partial charge in [0.2, 0.25) is 0 Å². The summed E-state index contributed by atoms with van der Waals surface area (Å²) < 4.78 is 0. The molecule has 0 aromatic heterocycles. The average Bonchev–Trinajstić information content (AvgIpc) is 2.26. The molecule has 1 saturated heterocycles. The van der Waals surface area contributed by atoms with Crippen molar-refractivity contribution in [2.45, 2.75) is 25.8 Å². The van der Waals surface area contributed by atoms with Crippen LogP contribution in [0.2, 0.25) is 0 Å². The summed E-state index contributed by atoms with van der Waals surface area (Å²) >= 11 is 0. The lowest BCUT2D eigenvalue weighted by Crippen LogP contribution is -2.46.